The van der Waals surface area contributed by atoms with Crippen molar-refractivity contribution < 1.29 is 31.8 Å². The summed E-state index contributed by atoms with van der Waals surface area (Å²) < 4.78 is 69.0. The SMILES string of the molecule is CC(C)(C)OC(=O)N1CCN(C2(OC(c3cc(F)ccc3Cl)C(F)(F)F)C=NC=C(c3ccc(N)nc3)C2)CC1. The summed E-state index contributed by atoms with van der Waals surface area (Å²) >= 11 is 6.11. The molecule has 1 aromatic carbocycles. The zero-order valence-corrected chi connectivity index (χ0v) is 23.0. The molecule has 2 atom stereocenters. The Hall–Kier alpha value is -3.22. The zero-order chi connectivity index (χ0) is 29.3. The molecular formula is C27H30ClF4N5O3. The number of halogens is 5. The number of benzene rings is 1. The molecule has 1 saturated heterocycles. The fourth-order valence-corrected chi connectivity index (χ4v) is 4.76. The number of rotatable bonds is 5. The van der Waals surface area contributed by atoms with E-state index in [0.29, 0.717) is 11.1 Å². The highest BCUT2D eigenvalue weighted by Gasteiger charge is 2.51. The molecule has 216 valence electrons. The first-order valence-corrected chi connectivity index (χ1v) is 12.9. The topological polar surface area (TPSA) is 93.3 Å². The van der Waals surface area contributed by atoms with Gasteiger partial charge in [0.05, 0.1) is 6.21 Å². The first kappa shape index (κ1) is 29.8. The third-order valence-electron chi connectivity index (χ3n) is 6.43. The lowest BCUT2D eigenvalue weighted by Gasteiger charge is -2.48. The van der Waals surface area contributed by atoms with Crippen LogP contribution >= 0.6 is 11.6 Å². The van der Waals surface area contributed by atoms with Crippen molar-refractivity contribution in [2.45, 2.75) is 50.8 Å². The van der Waals surface area contributed by atoms with Crippen LogP contribution in [0.4, 0.5) is 28.2 Å². The van der Waals surface area contributed by atoms with Gasteiger partial charge in [-0.05, 0) is 62.2 Å². The number of hydrogen-bond acceptors (Lipinski definition) is 7. The Morgan fingerprint density at radius 3 is 2.42 bits per heavy atom. The molecule has 4 rings (SSSR count). The number of aliphatic imine (C=N–C) groups is 1. The van der Waals surface area contributed by atoms with Gasteiger partial charge in [0.2, 0.25) is 0 Å². The van der Waals surface area contributed by atoms with E-state index in [1.807, 2.05) is 0 Å². The van der Waals surface area contributed by atoms with Gasteiger partial charge in [0.15, 0.2) is 11.8 Å². The summed E-state index contributed by atoms with van der Waals surface area (Å²) in [6.45, 7) is 5.90. The second-order valence-electron chi connectivity index (χ2n) is 10.6. The van der Waals surface area contributed by atoms with Gasteiger partial charge in [-0.2, -0.15) is 13.2 Å². The predicted molar refractivity (Wildman–Crippen MR) is 143 cm³/mol. The summed E-state index contributed by atoms with van der Waals surface area (Å²) in [6.07, 6.45) is -3.77. The van der Waals surface area contributed by atoms with Crippen molar-refractivity contribution in [2.75, 3.05) is 31.9 Å². The number of piperazine rings is 1. The molecule has 1 fully saturated rings. The van der Waals surface area contributed by atoms with Gasteiger partial charge < -0.3 is 20.1 Å². The monoisotopic (exact) mass is 583 g/mol. The largest absolute Gasteiger partial charge is 0.444 e. The Morgan fingerprint density at radius 1 is 1.12 bits per heavy atom. The Kier molecular flexibility index (Phi) is 8.44. The van der Waals surface area contributed by atoms with Crippen LogP contribution in [0.5, 0.6) is 0 Å². The number of nitrogens with zero attached hydrogens (tertiary/aromatic N) is 4. The van der Waals surface area contributed by atoms with E-state index < -0.39 is 41.1 Å². The molecule has 0 radical (unpaired) electrons. The molecule has 2 N–H and O–H groups in total. The summed E-state index contributed by atoms with van der Waals surface area (Å²) in [4.78, 5) is 24.1. The number of hydrogen-bond donors (Lipinski definition) is 1. The zero-order valence-electron chi connectivity index (χ0n) is 22.2. The van der Waals surface area contributed by atoms with E-state index in [2.05, 4.69) is 9.98 Å². The second-order valence-corrected chi connectivity index (χ2v) is 11.0. The average Bonchev–Trinajstić information content (AvgIpc) is 2.88. The molecule has 13 heteroatoms. The number of nitrogens with two attached hydrogens (primary N) is 1. The maximum absolute atomic E-state index is 14.5. The summed E-state index contributed by atoms with van der Waals surface area (Å²) in [7, 11) is 0. The van der Waals surface area contributed by atoms with Crippen molar-refractivity contribution in [3.63, 3.8) is 0 Å². The smallest absolute Gasteiger partial charge is 0.419 e. The highest BCUT2D eigenvalue weighted by molar-refractivity contribution is 6.31. The second kappa shape index (κ2) is 11.3. The van der Waals surface area contributed by atoms with Crippen molar-refractivity contribution in [1.29, 1.82) is 0 Å². The molecule has 8 nitrogen and oxygen atoms in total. The molecule has 3 heterocycles. The van der Waals surface area contributed by atoms with Gasteiger partial charge in [-0.3, -0.25) is 9.89 Å². The van der Waals surface area contributed by atoms with E-state index in [1.54, 1.807) is 37.8 Å². The van der Waals surface area contributed by atoms with Crippen molar-refractivity contribution in [1.82, 2.24) is 14.8 Å². The molecule has 0 aliphatic carbocycles. The number of anilines is 1. The standard InChI is InChI=1S/C27H30ClF4N5O3/c1-25(2,3)40-24(38)36-8-10-37(11-9-36)26(13-18(14-34-16-26)17-4-7-22(33)35-15-17)39-23(27(30,31)32)20-12-19(29)5-6-21(20)28/h4-7,12,14-16,23H,8-11,13H2,1-3H3,(H2,33,35). The van der Waals surface area contributed by atoms with Crippen LogP contribution in [0.1, 0.15) is 44.4 Å². The highest BCUT2D eigenvalue weighted by Crippen LogP contribution is 2.45. The minimum atomic E-state index is -4.94. The lowest BCUT2D eigenvalue weighted by Crippen LogP contribution is -2.61. The molecule has 1 aromatic heterocycles. The van der Waals surface area contributed by atoms with Gasteiger partial charge in [-0.15, -0.1) is 0 Å². The van der Waals surface area contributed by atoms with Crippen LogP contribution in [-0.2, 0) is 9.47 Å². The van der Waals surface area contributed by atoms with Gasteiger partial charge >= 0.3 is 12.3 Å². The van der Waals surface area contributed by atoms with E-state index in [9.17, 15) is 22.4 Å². The highest BCUT2D eigenvalue weighted by atomic mass is 35.5. The number of aromatic nitrogens is 1. The molecule has 0 spiro atoms. The van der Waals surface area contributed by atoms with Crippen LogP contribution in [0.3, 0.4) is 0 Å². The molecule has 40 heavy (non-hydrogen) atoms. The summed E-state index contributed by atoms with van der Waals surface area (Å²) in [5.41, 5.74) is 3.87. The number of nitrogen functional groups attached to an aromatic ring is 1. The van der Waals surface area contributed by atoms with E-state index in [-0.39, 0.29) is 43.4 Å². The third-order valence-corrected chi connectivity index (χ3v) is 6.78. The molecule has 2 unspecified atom stereocenters. The first-order valence-electron chi connectivity index (χ1n) is 12.5. The molecule has 0 saturated carbocycles. The van der Waals surface area contributed by atoms with E-state index in [4.69, 9.17) is 26.8 Å². The number of pyridine rings is 1. The number of carbonyl (C=O) groups is 1. The number of alkyl halides is 3. The predicted octanol–water partition coefficient (Wildman–Crippen LogP) is 5.84. The summed E-state index contributed by atoms with van der Waals surface area (Å²) in [5, 5.41) is -0.292. The van der Waals surface area contributed by atoms with E-state index in [1.165, 1.54) is 23.5 Å². The van der Waals surface area contributed by atoms with Crippen molar-refractivity contribution in [2.24, 2.45) is 4.99 Å². The van der Waals surface area contributed by atoms with Gasteiger partial charge in [0, 0.05) is 55.6 Å². The fraction of sp³-hybridized carbons (Fsp3) is 0.444. The molecule has 2 aliphatic heterocycles. The molecule has 2 aromatic rings. The lowest BCUT2D eigenvalue weighted by molar-refractivity contribution is -0.268. The van der Waals surface area contributed by atoms with Crippen LogP contribution in [0.2, 0.25) is 5.02 Å². The van der Waals surface area contributed by atoms with Crippen LogP contribution in [0, 0.1) is 5.82 Å². The molecule has 1 amide bonds. The van der Waals surface area contributed by atoms with Gasteiger partial charge in [0.25, 0.3) is 0 Å². The van der Waals surface area contributed by atoms with E-state index >= 15 is 0 Å². The minimum Gasteiger partial charge on any atom is -0.444 e. The van der Waals surface area contributed by atoms with Crippen LogP contribution in [0.15, 0.2) is 47.7 Å². The van der Waals surface area contributed by atoms with Crippen molar-refractivity contribution >= 4 is 35.3 Å². The maximum Gasteiger partial charge on any atom is 0.419 e. The maximum atomic E-state index is 14.5. The van der Waals surface area contributed by atoms with Crippen molar-refractivity contribution in [3.8, 4) is 0 Å². The van der Waals surface area contributed by atoms with Crippen LogP contribution < -0.4 is 5.73 Å². The lowest BCUT2D eigenvalue weighted by atomic mass is 9.94. The Bertz CT molecular complexity index is 1290. The molecular weight excluding hydrogens is 554 g/mol. The van der Waals surface area contributed by atoms with Crippen LogP contribution in [-0.4, -0.2) is 70.8 Å². The van der Waals surface area contributed by atoms with E-state index in [0.717, 1.165) is 18.2 Å². The van der Waals surface area contributed by atoms with Gasteiger partial charge in [-0.25, -0.2) is 14.2 Å². The molecule has 0 bridgehead atoms. The average molecular weight is 584 g/mol. The fourth-order valence-electron chi connectivity index (χ4n) is 4.54. The Balaban J connectivity index is 1.69. The Morgan fingerprint density at radius 2 is 1.82 bits per heavy atom. The van der Waals surface area contributed by atoms with Crippen LogP contribution in [0.25, 0.3) is 5.57 Å². The van der Waals surface area contributed by atoms with Gasteiger partial charge in [0.1, 0.15) is 17.2 Å². The Labute approximate surface area is 234 Å². The quantitative estimate of drug-likeness (QED) is 0.445. The molecule has 2 aliphatic rings. The first-order chi connectivity index (χ1) is 18.7. The third kappa shape index (κ3) is 6.91. The normalized spacial score (nSPS) is 21.2. The minimum absolute atomic E-state index is 0.0476. The number of carbonyl (C=O) groups excluding carboxylic acids is 1. The van der Waals surface area contributed by atoms with Crippen molar-refractivity contribution in [3.05, 3.63) is 64.7 Å². The number of amides is 1. The van der Waals surface area contributed by atoms with Gasteiger partial charge in [-0.1, -0.05) is 11.6 Å². The summed E-state index contributed by atoms with van der Waals surface area (Å²) in [5.74, 6) is -0.606. The summed E-state index contributed by atoms with van der Waals surface area (Å²) in [6, 6.07) is 6.00. The number of ether oxygens (including phenoxy) is 2.